The average Bonchev–Trinajstić information content (AvgIpc) is 2.39. The van der Waals surface area contributed by atoms with E-state index in [2.05, 4.69) is 5.32 Å². The molecule has 0 aliphatic rings. The highest BCUT2D eigenvalue weighted by Crippen LogP contribution is 2.23. The van der Waals surface area contributed by atoms with E-state index in [1.54, 1.807) is 26.0 Å². The van der Waals surface area contributed by atoms with Gasteiger partial charge < -0.3 is 11.1 Å². The highest BCUT2D eigenvalue weighted by molar-refractivity contribution is 6.05. The third kappa shape index (κ3) is 2.61. The molecule has 0 fully saturated rings. The van der Waals surface area contributed by atoms with Crippen LogP contribution in [-0.2, 0) is 0 Å². The van der Waals surface area contributed by atoms with Crippen molar-refractivity contribution in [1.82, 2.24) is 0 Å². The van der Waals surface area contributed by atoms with E-state index < -0.39 is 17.5 Å². The van der Waals surface area contributed by atoms with Crippen molar-refractivity contribution >= 4 is 17.3 Å². The van der Waals surface area contributed by atoms with Crippen LogP contribution in [-0.4, -0.2) is 5.91 Å². The summed E-state index contributed by atoms with van der Waals surface area (Å²) in [5.74, 6) is -2.91. The fraction of sp³-hybridized carbons (Fsp3) is 0.133. The first-order valence-electron chi connectivity index (χ1n) is 6.02. The molecule has 3 nitrogen and oxygen atoms in total. The Bertz CT molecular complexity index is 684. The first-order chi connectivity index (χ1) is 9.40. The van der Waals surface area contributed by atoms with Gasteiger partial charge in [0.15, 0.2) is 11.6 Å². The maximum Gasteiger partial charge on any atom is 0.258 e. The first kappa shape index (κ1) is 14.0. The molecule has 5 heteroatoms. The lowest BCUT2D eigenvalue weighted by molar-refractivity contribution is 0.102. The second-order valence-electron chi connectivity index (χ2n) is 4.58. The summed E-state index contributed by atoms with van der Waals surface area (Å²) in [6, 6.07) is 6.89. The van der Waals surface area contributed by atoms with Crippen molar-refractivity contribution in [3.63, 3.8) is 0 Å². The van der Waals surface area contributed by atoms with Gasteiger partial charge in [0, 0.05) is 11.4 Å². The first-order valence-corrected chi connectivity index (χ1v) is 6.02. The smallest absolute Gasteiger partial charge is 0.258 e. The van der Waals surface area contributed by atoms with Crippen molar-refractivity contribution in [3.05, 3.63) is 58.7 Å². The van der Waals surface area contributed by atoms with E-state index in [9.17, 15) is 13.6 Å². The summed E-state index contributed by atoms with van der Waals surface area (Å²) in [7, 11) is 0. The van der Waals surface area contributed by atoms with Crippen LogP contribution in [0.25, 0.3) is 0 Å². The van der Waals surface area contributed by atoms with Crippen LogP contribution in [0.2, 0.25) is 0 Å². The highest BCUT2D eigenvalue weighted by Gasteiger charge is 2.16. The van der Waals surface area contributed by atoms with Crippen LogP contribution in [0.4, 0.5) is 20.2 Å². The molecule has 0 radical (unpaired) electrons. The molecular formula is C15H14F2N2O. The van der Waals surface area contributed by atoms with Crippen LogP contribution < -0.4 is 11.1 Å². The van der Waals surface area contributed by atoms with Crippen molar-refractivity contribution < 1.29 is 13.6 Å². The molecule has 0 aromatic heterocycles. The zero-order chi connectivity index (χ0) is 14.9. The van der Waals surface area contributed by atoms with Crippen LogP contribution in [0.1, 0.15) is 21.5 Å². The Balaban J connectivity index is 2.33. The van der Waals surface area contributed by atoms with Crippen molar-refractivity contribution in [2.45, 2.75) is 13.8 Å². The molecule has 0 bridgehead atoms. The Hall–Kier alpha value is -2.43. The van der Waals surface area contributed by atoms with E-state index in [0.717, 1.165) is 17.2 Å². The van der Waals surface area contributed by atoms with Gasteiger partial charge in [-0.25, -0.2) is 8.78 Å². The number of hydrogen-bond acceptors (Lipinski definition) is 2. The van der Waals surface area contributed by atoms with Gasteiger partial charge in [-0.05, 0) is 49.2 Å². The summed E-state index contributed by atoms with van der Waals surface area (Å²) >= 11 is 0. The summed E-state index contributed by atoms with van der Waals surface area (Å²) in [5, 5.41) is 2.56. The number of hydrogen-bond donors (Lipinski definition) is 2. The quantitative estimate of drug-likeness (QED) is 0.826. The molecule has 0 aliphatic heterocycles. The molecule has 0 atom stereocenters. The van der Waals surface area contributed by atoms with Crippen LogP contribution in [0.5, 0.6) is 0 Å². The minimum Gasteiger partial charge on any atom is -0.399 e. The molecule has 2 aromatic rings. The summed E-state index contributed by atoms with van der Waals surface area (Å²) in [5.41, 5.74) is 8.09. The van der Waals surface area contributed by atoms with E-state index in [0.29, 0.717) is 11.4 Å². The Labute approximate surface area is 115 Å². The van der Waals surface area contributed by atoms with Crippen LogP contribution >= 0.6 is 0 Å². The van der Waals surface area contributed by atoms with Crippen LogP contribution in [0.3, 0.4) is 0 Å². The highest BCUT2D eigenvalue weighted by atomic mass is 19.2. The fourth-order valence-electron chi connectivity index (χ4n) is 1.84. The predicted molar refractivity (Wildman–Crippen MR) is 74.6 cm³/mol. The third-order valence-electron chi connectivity index (χ3n) is 3.06. The number of amides is 1. The number of nitrogen functional groups attached to an aromatic ring is 1. The molecular weight excluding hydrogens is 262 g/mol. The standard InChI is InChI=1S/C15H14F2N2O/c1-8-7-13(9(2)6-12(8)18)19-15(20)10-4-3-5-11(16)14(10)17/h3-7H,18H2,1-2H3,(H,19,20). The number of halogens is 2. The Morgan fingerprint density at radius 3 is 2.55 bits per heavy atom. The van der Waals surface area contributed by atoms with E-state index in [-0.39, 0.29) is 5.56 Å². The topological polar surface area (TPSA) is 55.1 Å². The third-order valence-corrected chi connectivity index (χ3v) is 3.06. The Morgan fingerprint density at radius 1 is 1.15 bits per heavy atom. The van der Waals surface area contributed by atoms with Crippen molar-refractivity contribution in [2.24, 2.45) is 0 Å². The minimum atomic E-state index is -1.16. The largest absolute Gasteiger partial charge is 0.399 e. The molecule has 0 saturated heterocycles. The lowest BCUT2D eigenvalue weighted by Crippen LogP contribution is -2.15. The van der Waals surface area contributed by atoms with Crippen LogP contribution in [0, 0.1) is 25.5 Å². The number of aryl methyl sites for hydroxylation is 2. The number of nitrogens with one attached hydrogen (secondary N) is 1. The van der Waals surface area contributed by atoms with E-state index in [1.165, 1.54) is 12.1 Å². The van der Waals surface area contributed by atoms with Gasteiger partial charge in [0.25, 0.3) is 5.91 Å². The lowest BCUT2D eigenvalue weighted by Gasteiger charge is -2.11. The molecule has 0 heterocycles. The van der Waals surface area contributed by atoms with Gasteiger partial charge in [0.05, 0.1) is 5.56 Å². The van der Waals surface area contributed by atoms with Gasteiger partial charge in [-0.1, -0.05) is 6.07 Å². The van der Waals surface area contributed by atoms with Gasteiger partial charge >= 0.3 is 0 Å². The number of anilines is 2. The Morgan fingerprint density at radius 2 is 1.85 bits per heavy atom. The molecule has 1 amide bonds. The van der Waals surface area contributed by atoms with Crippen molar-refractivity contribution in [3.8, 4) is 0 Å². The molecule has 0 saturated carbocycles. The summed E-state index contributed by atoms with van der Waals surface area (Å²) in [6.07, 6.45) is 0. The Kier molecular flexibility index (Phi) is 3.70. The summed E-state index contributed by atoms with van der Waals surface area (Å²) in [4.78, 5) is 12.0. The van der Waals surface area contributed by atoms with E-state index in [4.69, 9.17) is 5.73 Å². The second kappa shape index (κ2) is 5.28. The maximum atomic E-state index is 13.5. The molecule has 0 unspecified atom stereocenters. The number of rotatable bonds is 2. The number of carbonyl (C=O) groups is 1. The van der Waals surface area contributed by atoms with Crippen LogP contribution in [0.15, 0.2) is 30.3 Å². The lowest BCUT2D eigenvalue weighted by atomic mass is 10.1. The van der Waals surface area contributed by atoms with Gasteiger partial charge in [0.2, 0.25) is 0 Å². The maximum absolute atomic E-state index is 13.5. The normalized spacial score (nSPS) is 10.4. The number of carbonyl (C=O) groups excluding carboxylic acids is 1. The van der Waals surface area contributed by atoms with Crippen molar-refractivity contribution in [2.75, 3.05) is 11.1 Å². The monoisotopic (exact) mass is 276 g/mol. The van der Waals surface area contributed by atoms with Gasteiger partial charge in [-0.15, -0.1) is 0 Å². The second-order valence-corrected chi connectivity index (χ2v) is 4.58. The fourth-order valence-corrected chi connectivity index (χ4v) is 1.84. The minimum absolute atomic E-state index is 0.334. The van der Waals surface area contributed by atoms with E-state index >= 15 is 0 Å². The number of nitrogens with two attached hydrogens (primary N) is 1. The SMILES string of the molecule is Cc1cc(NC(=O)c2cccc(F)c2F)c(C)cc1N. The molecule has 3 N–H and O–H groups in total. The summed E-state index contributed by atoms with van der Waals surface area (Å²) < 4.78 is 26.6. The summed E-state index contributed by atoms with van der Waals surface area (Å²) in [6.45, 7) is 3.57. The molecule has 2 aromatic carbocycles. The van der Waals surface area contributed by atoms with Gasteiger partial charge in [-0.2, -0.15) is 0 Å². The molecule has 104 valence electrons. The molecule has 0 aliphatic carbocycles. The predicted octanol–water partition coefficient (Wildman–Crippen LogP) is 3.42. The molecule has 20 heavy (non-hydrogen) atoms. The van der Waals surface area contributed by atoms with Crippen molar-refractivity contribution in [1.29, 1.82) is 0 Å². The zero-order valence-electron chi connectivity index (χ0n) is 11.1. The molecule has 0 spiro atoms. The average molecular weight is 276 g/mol. The zero-order valence-corrected chi connectivity index (χ0v) is 11.1. The van der Waals surface area contributed by atoms with E-state index in [1.807, 2.05) is 0 Å². The molecule has 2 rings (SSSR count). The van der Waals surface area contributed by atoms with Gasteiger partial charge in [-0.3, -0.25) is 4.79 Å². The number of benzene rings is 2. The van der Waals surface area contributed by atoms with Gasteiger partial charge in [0.1, 0.15) is 0 Å².